The van der Waals surface area contributed by atoms with Crippen LogP contribution in [0.15, 0.2) is 18.2 Å². The number of nitrogens with zero attached hydrogens (tertiary/aromatic N) is 1. The van der Waals surface area contributed by atoms with Gasteiger partial charge in [0, 0.05) is 18.7 Å². The lowest BCUT2D eigenvalue weighted by Gasteiger charge is -2.29. The summed E-state index contributed by atoms with van der Waals surface area (Å²) in [4.78, 5) is 27.2. The second kappa shape index (κ2) is 11.2. The van der Waals surface area contributed by atoms with Gasteiger partial charge in [-0.2, -0.15) is 0 Å². The molecule has 1 aromatic rings. The van der Waals surface area contributed by atoms with Crippen LogP contribution in [-0.4, -0.2) is 49.3 Å². The van der Waals surface area contributed by atoms with Crippen LogP contribution in [0.3, 0.4) is 0 Å². The van der Waals surface area contributed by atoms with Gasteiger partial charge in [0.25, 0.3) is 0 Å². The number of hydrogen-bond acceptors (Lipinski definition) is 5. The third-order valence-electron chi connectivity index (χ3n) is 4.92. The molecular formula is C21H32N2O4S. The van der Waals surface area contributed by atoms with E-state index in [-0.39, 0.29) is 17.2 Å². The van der Waals surface area contributed by atoms with Gasteiger partial charge < -0.3 is 19.7 Å². The van der Waals surface area contributed by atoms with Gasteiger partial charge in [-0.1, -0.05) is 39.2 Å². The molecule has 1 N–H and O–H groups in total. The van der Waals surface area contributed by atoms with Crippen molar-refractivity contribution >= 4 is 23.6 Å². The SMILES string of the molecule is CCCCCCNC(=O)[C@@H]1CS[C@@H](c2ccc(OC)c(OC)c2)N1C(=O)CC. The molecule has 0 aliphatic carbocycles. The van der Waals surface area contributed by atoms with Crippen LogP contribution < -0.4 is 14.8 Å². The van der Waals surface area contributed by atoms with Crippen molar-refractivity contribution in [3.63, 3.8) is 0 Å². The van der Waals surface area contributed by atoms with Crippen LogP contribution in [0.2, 0.25) is 0 Å². The Hall–Kier alpha value is -1.89. The Balaban J connectivity index is 2.14. The van der Waals surface area contributed by atoms with Gasteiger partial charge >= 0.3 is 0 Å². The van der Waals surface area contributed by atoms with Crippen molar-refractivity contribution in [2.75, 3.05) is 26.5 Å². The molecule has 1 heterocycles. The first-order chi connectivity index (χ1) is 13.6. The van der Waals surface area contributed by atoms with Crippen LogP contribution in [0.5, 0.6) is 11.5 Å². The van der Waals surface area contributed by atoms with Gasteiger partial charge in [-0.25, -0.2) is 0 Å². The Morgan fingerprint density at radius 2 is 1.89 bits per heavy atom. The van der Waals surface area contributed by atoms with Gasteiger partial charge in [0.15, 0.2) is 11.5 Å². The molecule has 1 aliphatic rings. The minimum absolute atomic E-state index is 0.0177. The molecule has 0 aromatic heterocycles. The fraction of sp³-hybridized carbons (Fsp3) is 0.619. The fourth-order valence-corrected chi connectivity index (χ4v) is 4.78. The lowest BCUT2D eigenvalue weighted by atomic mass is 10.1. The number of benzene rings is 1. The molecule has 2 atom stereocenters. The van der Waals surface area contributed by atoms with Gasteiger partial charge in [0.05, 0.1) is 14.2 Å². The van der Waals surface area contributed by atoms with E-state index in [1.165, 1.54) is 12.8 Å². The van der Waals surface area contributed by atoms with E-state index in [1.54, 1.807) is 30.9 Å². The minimum atomic E-state index is -0.443. The van der Waals surface area contributed by atoms with Crippen LogP contribution in [0.1, 0.15) is 56.9 Å². The van der Waals surface area contributed by atoms with Gasteiger partial charge in [0.1, 0.15) is 11.4 Å². The summed E-state index contributed by atoms with van der Waals surface area (Å²) >= 11 is 1.61. The number of carbonyl (C=O) groups excluding carboxylic acids is 2. The number of ether oxygens (including phenoxy) is 2. The number of rotatable bonds is 10. The Morgan fingerprint density at radius 1 is 1.14 bits per heavy atom. The first-order valence-electron chi connectivity index (χ1n) is 9.99. The Labute approximate surface area is 172 Å². The predicted octanol–water partition coefficient (Wildman–Crippen LogP) is 3.75. The van der Waals surface area contributed by atoms with E-state index in [2.05, 4.69) is 12.2 Å². The molecule has 1 fully saturated rings. The number of amides is 2. The maximum atomic E-state index is 12.7. The highest BCUT2D eigenvalue weighted by molar-refractivity contribution is 7.99. The fourth-order valence-electron chi connectivity index (χ4n) is 3.34. The molecule has 1 saturated heterocycles. The van der Waals surface area contributed by atoms with Gasteiger partial charge in [-0.15, -0.1) is 11.8 Å². The van der Waals surface area contributed by atoms with Gasteiger partial charge in [0.2, 0.25) is 11.8 Å². The molecule has 2 rings (SSSR count). The van der Waals surface area contributed by atoms with Gasteiger partial charge in [-0.05, 0) is 24.1 Å². The summed E-state index contributed by atoms with van der Waals surface area (Å²) in [5.74, 6) is 1.77. The van der Waals surface area contributed by atoms with Crippen LogP contribution in [-0.2, 0) is 9.59 Å². The molecule has 28 heavy (non-hydrogen) atoms. The van der Waals surface area contributed by atoms with Gasteiger partial charge in [-0.3, -0.25) is 9.59 Å². The van der Waals surface area contributed by atoms with E-state index < -0.39 is 6.04 Å². The largest absolute Gasteiger partial charge is 0.493 e. The van der Waals surface area contributed by atoms with Crippen LogP contribution >= 0.6 is 11.8 Å². The van der Waals surface area contributed by atoms with E-state index in [4.69, 9.17) is 9.47 Å². The minimum Gasteiger partial charge on any atom is -0.493 e. The zero-order valence-electron chi connectivity index (χ0n) is 17.3. The molecule has 6 nitrogen and oxygen atoms in total. The number of hydrogen-bond donors (Lipinski definition) is 1. The normalized spacial score (nSPS) is 18.8. The Kier molecular flexibility index (Phi) is 8.96. The zero-order valence-corrected chi connectivity index (χ0v) is 18.1. The third kappa shape index (κ3) is 5.34. The highest BCUT2D eigenvalue weighted by Crippen LogP contribution is 2.44. The predicted molar refractivity (Wildman–Crippen MR) is 113 cm³/mol. The number of methoxy groups -OCH3 is 2. The maximum absolute atomic E-state index is 12.7. The molecule has 0 radical (unpaired) electrons. The third-order valence-corrected chi connectivity index (χ3v) is 6.24. The summed E-state index contributed by atoms with van der Waals surface area (Å²) in [6.45, 7) is 4.66. The Bertz CT molecular complexity index is 668. The number of unbranched alkanes of at least 4 members (excludes halogenated alkanes) is 3. The molecular weight excluding hydrogens is 376 g/mol. The quantitative estimate of drug-likeness (QED) is 0.597. The summed E-state index contributed by atoms with van der Waals surface area (Å²) < 4.78 is 10.7. The standard InChI is InChI=1S/C21H32N2O4S/c1-5-7-8-9-12-22-20(25)16-14-28-21(23(16)19(24)6-2)15-10-11-17(26-3)18(13-15)27-4/h10-11,13,16,21H,5-9,12,14H2,1-4H3,(H,22,25)/t16-,21-/m0/s1. The van der Waals surface area contributed by atoms with E-state index in [0.717, 1.165) is 18.4 Å². The Morgan fingerprint density at radius 3 is 2.54 bits per heavy atom. The molecule has 7 heteroatoms. The highest BCUT2D eigenvalue weighted by atomic mass is 32.2. The smallest absolute Gasteiger partial charge is 0.243 e. The zero-order chi connectivity index (χ0) is 20.5. The molecule has 156 valence electrons. The van der Waals surface area contributed by atoms with Crippen molar-refractivity contribution < 1.29 is 19.1 Å². The number of thioether (sulfide) groups is 1. The first-order valence-corrected chi connectivity index (χ1v) is 11.0. The molecule has 0 spiro atoms. The van der Waals surface area contributed by atoms with Crippen molar-refractivity contribution in [3.05, 3.63) is 23.8 Å². The highest BCUT2D eigenvalue weighted by Gasteiger charge is 2.41. The second-order valence-corrected chi connectivity index (χ2v) is 7.94. The average molecular weight is 409 g/mol. The van der Waals surface area contributed by atoms with Crippen LogP contribution in [0.4, 0.5) is 0 Å². The molecule has 0 unspecified atom stereocenters. The van der Waals surface area contributed by atoms with Crippen molar-refractivity contribution in [1.82, 2.24) is 10.2 Å². The molecule has 0 saturated carbocycles. The molecule has 2 amide bonds. The van der Waals surface area contributed by atoms with Crippen molar-refractivity contribution in [2.45, 2.75) is 57.4 Å². The summed E-state index contributed by atoms with van der Waals surface area (Å²) in [5.41, 5.74) is 0.933. The van der Waals surface area contributed by atoms with Crippen molar-refractivity contribution in [3.8, 4) is 11.5 Å². The van der Waals surface area contributed by atoms with Crippen molar-refractivity contribution in [2.24, 2.45) is 0 Å². The lowest BCUT2D eigenvalue weighted by Crippen LogP contribution is -2.48. The van der Waals surface area contributed by atoms with Crippen LogP contribution in [0, 0.1) is 0 Å². The summed E-state index contributed by atoms with van der Waals surface area (Å²) in [5, 5.41) is 2.81. The van der Waals surface area contributed by atoms with Crippen molar-refractivity contribution in [1.29, 1.82) is 0 Å². The van der Waals surface area contributed by atoms with E-state index in [9.17, 15) is 9.59 Å². The van der Waals surface area contributed by atoms with Crippen LogP contribution in [0.25, 0.3) is 0 Å². The first kappa shape index (κ1) is 22.4. The number of carbonyl (C=O) groups is 2. The van der Waals surface area contributed by atoms with E-state index >= 15 is 0 Å². The summed E-state index contributed by atoms with van der Waals surface area (Å²) in [6, 6.07) is 5.21. The number of nitrogens with one attached hydrogen (secondary N) is 1. The van der Waals surface area contributed by atoms with E-state index in [1.807, 2.05) is 25.1 Å². The molecule has 1 aliphatic heterocycles. The monoisotopic (exact) mass is 408 g/mol. The summed E-state index contributed by atoms with van der Waals surface area (Å²) in [6.07, 6.45) is 4.79. The van der Waals surface area contributed by atoms with E-state index in [0.29, 0.717) is 30.2 Å². The second-order valence-electron chi connectivity index (χ2n) is 6.82. The topological polar surface area (TPSA) is 67.9 Å². The molecule has 0 bridgehead atoms. The lowest BCUT2D eigenvalue weighted by molar-refractivity contribution is -0.139. The average Bonchev–Trinajstić information content (AvgIpc) is 3.17. The maximum Gasteiger partial charge on any atom is 0.243 e. The summed E-state index contributed by atoms with van der Waals surface area (Å²) in [7, 11) is 3.18. The molecule has 1 aromatic carbocycles.